The first-order chi connectivity index (χ1) is 14.0. The highest BCUT2D eigenvalue weighted by atomic mass is 32.1. The van der Waals surface area contributed by atoms with Gasteiger partial charge in [-0.2, -0.15) is 5.26 Å². The molecule has 0 radical (unpaired) electrons. The normalized spacial score (nSPS) is 11.6. The number of aryl methyl sites for hydroxylation is 2. The molecule has 7 heteroatoms. The van der Waals surface area contributed by atoms with E-state index in [0.29, 0.717) is 21.6 Å². The summed E-state index contributed by atoms with van der Waals surface area (Å²) in [6.07, 6.45) is 1.38. The van der Waals surface area contributed by atoms with Crippen molar-refractivity contribution in [3.05, 3.63) is 86.5 Å². The number of benzene rings is 1. The van der Waals surface area contributed by atoms with Crippen LogP contribution in [0.5, 0.6) is 0 Å². The fraction of sp³-hybridized carbons (Fsp3) is 0.0909. The second-order valence-corrected chi connectivity index (χ2v) is 7.44. The molecule has 0 atom stereocenters. The van der Waals surface area contributed by atoms with Crippen LogP contribution in [-0.4, -0.2) is 19.6 Å². The summed E-state index contributed by atoms with van der Waals surface area (Å²) in [4.78, 5) is 22.1. The standard InChI is InChI=1S/C22H16N4O2S/c1-13-5-3-4-6-17(13)26-19(25-16-9-10-29-21(16)22(26)28)11-18(27)20-15(12-23)8-7-14(2)24-20/h3-11,27H,1-2H3/b18-11-. The van der Waals surface area contributed by atoms with Gasteiger partial charge in [-0.3, -0.25) is 9.36 Å². The van der Waals surface area contributed by atoms with Crippen molar-refractivity contribution in [1.82, 2.24) is 14.5 Å². The molecule has 0 saturated carbocycles. The van der Waals surface area contributed by atoms with Crippen molar-refractivity contribution < 1.29 is 5.11 Å². The third-order valence-corrected chi connectivity index (χ3v) is 5.42. The van der Waals surface area contributed by atoms with E-state index in [1.54, 1.807) is 25.1 Å². The smallest absolute Gasteiger partial charge is 0.276 e. The lowest BCUT2D eigenvalue weighted by Gasteiger charge is -2.13. The minimum Gasteiger partial charge on any atom is -0.505 e. The SMILES string of the molecule is Cc1ccc(C#N)c(/C(O)=C/c2nc3ccsc3c(=O)n2-c2ccccc2C)n1. The van der Waals surface area contributed by atoms with Crippen LogP contribution in [0.25, 0.3) is 27.7 Å². The molecule has 0 fully saturated rings. The van der Waals surface area contributed by atoms with Crippen molar-refractivity contribution in [2.45, 2.75) is 13.8 Å². The van der Waals surface area contributed by atoms with Crippen LogP contribution >= 0.6 is 11.3 Å². The third-order valence-electron chi connectivity index (χ3n) is 4.53. The number of pyridine rings is 1. The van der Waals surface area contributed by atoms with Crippen LogP contribution in [0.3, 0.4) is 0 Å². The van der Waals surface area contributed by atoms with Gasteiger partial charge in [0, 0.05) is 11.8 Å². The van der Waals surface area contributed by atoms with Gasteiger partial charge >= 0.3 is 0 Å². The number of aliphatic hydroxyl groups excluding tert-OH is 1. The number of rotatable bonds is 3. The van der Waals surface area contributed by atoms with Crippen LogP contribution in [0.2, 0.25) is 0 Å². The van der Waals surface area contributed by atoms with Crippen LogP contribution in [0.1, 0.15) is 28.3 Å². The predicted octanol–water partition coefficient (Wildman–Crippen LogP) is 4.39. The lowest BCUT2D eigenvalue weighted by atomic mass is 10.1. The predicted molar refractivity (Wildman–Crippen MR) is 114 cm³/mol. The fourth-order valence-corrected chi connectivity index (χ4v) is 3.87. The molecular weight excluding hydrogens is 384 g/mol. The van der Waals surface area contributed by atoms with E-state index in [4.69, 9.17) is 0 Å². The lowest BCUT2D eigenvalue weighted by molar-refractivity contribution is 0.511. The Bertz CT molecular complexity index is 1380. The maximum absolute atomic E-state index is 13.2. The molecule has 3 aromatic heterocycles. The Morgan fingerprint density at radius 1 is 1.17 bits per heavy atom. The Morgan fingerprint density at radius 3 is 2.72 bits per heavy atom. The Morgan fingerprint density at radius 2 is 1.97 bits per heavy atom. The zero-order valence-corrected chi connectivity index (χ0v) is 16.6. The van der Waals surface area contributed by atoms with Gasteiger partial charge in [-0.1, -0.05) is 18.2 Å². The van der Waals surface area contributed by atoms with Gasteiger partial charge in [0.05, 0.1) is 16.8 Å². The zero-order chi connectivity index (χ0) is 20.5. The molecule has 4 rings (SSSR count). The van der Waals surface area contributed by atoms with Crippen molar-refractivity contribution in [2.75, 3.05) is 0 Å². The summed E-state index contributed by atoms with van der Waals surface area (Å²) in [5.41, 5.74) is 2.98. The van der Waals surface area contributed by atoms with Crippen molar-refractivity contribution in [3.8, 4) is 11.8 Å². The van der Waals surface area contributed by atoms with Gasteiger partial charge in [0.25, 0.3) is 5.56 Å². The molecule has 29 heavy (non-hydrogen) atoms. The minimum absolute atomic E-state index is 0.156. The summed E-state index contributed by atoms with van der Waals surface area (Å²) in [7, 11) is 0. The second-order valence-electron chi connectivity index (χ2n) is 6.52. The Labute approximate surface area is 170 Å². The van der Waals surface area contributed by atoms with Gasteiger partial charge in [0.15, 0.2) is 0 Å². The number of hydrogen-bond acceptors (Lipinski definition) is 6. The molecule has 0 amide bonds. The second kappa shape index (κ2) is 7.34. The van der Waals surface area contributed by atoms with Gasteiger partial charge < -0.3 is 5.11 Å². The van der Waals surface area contributed by atoms with Crippen molar-refractivity contribution in [2.24, 2.45) is 0 Å². The molecule has 0 aliphatic heterocycles. The lowest BCUT2D eigenvalue weighted by Crippen LogP contribution is -2.22. The summed E-state index contributed by atoms with van der Waals surface area (Å²) >= 11 is 1.33. The minimum atomic E-state index is -0.228. The maximum atomic E-state index is 13.2. The van der Waals surface area contributed by atoms with E-state index in [0.717, 1.165) is 5.56 Å². The Kier molecular flexibility index (Phi) is 4.71. The van der Waals surface area contributed by atoms with E-state index >= 15 is 0 Å². The van der Waals surface area contributed by atoms with Crippen LogP contribution in [0, 0.1) is 25.2 Å². The number of aliphatic hydroxyl groups is 1. The van der Waals surface area contributed by atoms with Gasteiger partial charge in [-0.25, -0.2) is 9.97 Å². The van der Waals surface area contributed by atoms with E-state index in [1.165, 1.54) is 22.0 Å². The first-order valence-corrected chi connectivity index (χ1v) is 9.72. The molecule has 3 heterocycles. The topological polar surface area (TPSA) is 91.8 Å². The molecule has 6 nitrogen and oxygen atoms in total. The average Bonchev–Trinajstić information content (AvgIpc) is 3.18. The molecule has 0 saturated heterocycles. The average molecular weight is 400 g/mol. The molecule has 0 spiro atoms. The molecule has 0 aliphatic carbocycles. The molecular formula is C22H16N4O2S. The summed E-state index contributed by atoms with van der Waals surface area (Å²) in [6, 6.07) is 14.6. The summed E-state index contributed by atoms with van der Waals surface area (Å²) in [5.74, 6) is 0.0361. The molecule has 1 aromatic carbocycles. The molecule has 0 unspecified atom stereocenters. The van der Waals surface area contributed by atoms with Gasteiger partial charge in [0.1, 0.15) is 28.0 Å². The maximum Gasteiger partial charge on any atom is 0.276 e. The van der Waals surface area contributed by atoms with E-state index in [1.807, 2.05) is 42.6 Å². The van der Waals surface area contributed by atoms with Crippen LogP contribution in [0.15, 0.2) is 52.6 Å². The Balaban J connectivity index is 2.02. The first-order valence-electron chi connectivity index (χ1n) is 8.84. The summed E-state index contributed by atoms with van der Waals surface area (Å²) < 4.78 is 2.02. The zero-order valence-electron chi connectivity index (χ0n) is 15.7. The first kappa shape index (κ1) is 18.6. The molecule has 0 bridgehead atoms. The van der Waals surface area contributed by atoms with Gasteiger partial charge in [-0.05, 0) is 49.1 Å². The highest BCUT2D eigenvalue weighted by Gasteiger charge is 2.16. The van der Waals surface area contributed by atoms with E-state index < -0.39 is 0 Å². The number of nitriles is 1. The van der Waals surface area contributed by atoms with Gasteiger partial charge in [-0.15, -0.1) is 11.3 Å². The number of para-hydroxylation sites is 1. The van der Waals surface area contributed by atoms with Crippen LogP contribution < -0.4 is 5.56 Å². The summed E-state index contributed by atoms with van der Waals surface area (Å²) in [6.45, 7) is 3.68. The highest BCUT2D eigenvalue weighted by Crippen LogP contribution is 2.23. The van der Waals surface area contributed by atoms with Crippen molar-refractivity contribution in [3.63, 3.8) is 0 Å². The van der Waals surface area contributed by atoms with E-state index in [9.17, 15) is 15.2 Å². The summed E-state index contributed by atoms with van der Waals surface area (Å²) in [5, 5.41) is 21.9. The molecule has 4 aromatic rings. The van der Waals surface area contributed by atoms with Crippen molar-refractivity contribution >= 4 is 33.4 Å². The molecule has 1 N–H and O–H groups in total. The van der Waals surface area contributed by atoms with E-state index in [2.05, 4.69) is 9.97 Å². The molecule has 0 aliphatic rings. The number of hydrogen-bond donors (Lipinski definition) is 1. The number of aromatic nitrogens is 3. The van der Waals surface area contributed by atoms with E-state index in [-0.39, 0.29) is 28.4 Å². The van der Waals surface area contributed by atoms with Crippen LogP contribution in [0.4, 0.5) is 0 Å². The number of fused-ring (bicyclic) bond motifs is 1. The van der Waals surface area contributed by atoms with Crippen molar-refractivity contribution in [1.29, 1.82) is 5.26 Å². The number of thiophene rings is 1. The van der Waals surface area contributed by atoms with Crippen LogP contribution in [-0.2, 0) is 0 Å². The third kappa shape index (κ3) is 3.30. The number of nitrogens with zero attached hydrogens (tertiary/aromatic N) is 4. The fourth-order valence-electron chi connectivity index (χ4n) is 3.11. The highest BCUT2D eigenvalue weighted by molar-refractivity contribution is 7.17. The monoisotopic (exact) mass is 400 g/mol. The largest absolute Gasteiger partial charge is 0.505 e. The Hall–Kier alpha value is -3.76. The molecule has 142 valence electrons. The quantitative estimate of drug-likeness (QED) is 0.515. The van der Waals surface area contributed by atoms with Gasteiger partial charge in [0.2, 0.25) is 0 Å².